The highest BCUT2D eigenvalue weighted by Gasteiger charge is 2.17. The van der Waals surface area contributed by atoms with E-state index in [1.54, 1.807) is 12.1 Å². The van der Waals surface area contributed by atoms with Gasteiger partial charge < -0.3 is 0 Å². The molecule has 0 nitrogen and oxygen atoms in total. The standard InChI is InChI=1S/C13H7Br2Cl3/c14-11-3-1-7(16)5-9(11)13(15)10-6-8(17)2-4-12(10)18/h1-6,13H. The van der Waals surface area contributed by atoms with E-state index in [-0.39, 0.29) is 4.83 Å². The minimum atomic E-state index is -0.0724. The predicted molar refractivity (Wildman–Crippen MR) is 86.4 cm³/mol. The summed E-state index contributed by atoms with van der Waals surface area (Å²) >= 11 is 25.4. The number of alkyl halides is 1. The van der Waals surface area contributed by atoms with Gasteiger partial charge in [-0.3, -0.25) is 0 Å². The zero-order chi connectivity index (χ0) is 13.3. The van der Waals surface area contributed by atoms with Gasteiger partial charge in [0, 0.05) is 19.5 Å². The van der Waals surface area contributed by atoms with E-state index in [0.717, 1.165) is 15.6 Å². The van der Waals surface area contributed by atoms with Gasteiger partial charge in [-0.25, -0.2) is 0 Å². The van der Waals surface area contributed by atoms with E-state index in [2.05, 4.69) is 31.9 Å². The van der Waals surface area contributed by atoms with Crippen LogP contribution >= 0.6 is 66.7 Å². The van der Waals surface area contributed by atoms with E-state index in [0.29, 0.717) is 15.1 Å². The van der Waals surface area contributed by atoms with Crippen LogP contribution in [0.1, 0.15) is 16.0 Å². The molecule has 0 spiro atoms. The summed E-state index contributed by atoms with van der Waals surface area (Å²) in [6, 6.07) is 11.0. The molecule has 0 bridgehead atoms. The van der Waals surface area contributed by atoms with Crippen LogP contribution in [0.25, 0.3) is 0 Å². The first-order valence-electron chi connectivity index (χ1n) is 5.03. The minimum absolute atomic E-state index is 0.0724. The van der Waals surface area contributed by atoms with Crippen LogP contribution in [-0.4, -0.2) is 0 Å². The quantitative estimate of drug-likeness (QED) is 0.456. The molecule has 0 N–H and O–H groups in total. The maximum atomic E-state index is 6.20. The molecule has 0 amide bonds. The zero-order valence-corrected chi connectivity index (χ0v) is 14.4. The molecule has 0 aliphatic heterocycles. The van der Waals surface area contributed by atoms with Crippen LogP contribution in [0.2, 0.25) is 15.1 Å². The van der Waals surface area contributed by atoms with Crippen molar-refractivity contribution in [3.05, 3.63) is 67.1 Å². The van der Waals surface area contributed by atoms with Gasteiger partial charge in [0.15, 0.2) is 0 Å². The third kappa shape index (κ3) is 3.23. The van der Waals surface area contributed by atoms with Crippen molar-refractivity contribution in [2.75, 3.05) is 0 Å². The van der Waals surface area contributed by atoms with E-state index >= 15 is 0 Å². The van der Waals surface area contributed by atoms with Crippen molar-refractivity contribution >= 4 is 66.7 Å². The molecule has 2 aromatic carbocycles. The lowest BCUT2D eigenvalue weighted by molar-refractivity contribution is 1.16. The highest BCUT2D eigenvalue weighted by atomic mass is 79.9. The van der Waals surface area contributed by atoms with Crippen molar-refractivity contribution in [3.8, 4) is 0 Å². The number of hydrogen-bond donors (Lipinski definition) is 0. The molecule has 1 unspecified atom stereocenters. The molecule has 2 aromatic rings. The number of rotatable bonds is 2. The van der Waals surface area contributed by atoms with Crippen LogP contribution in [0, 0.1) is 0 Å². The lowest BCUT2D eigenvalue weighted by atomic mass is 10.0. The number of halogens is 5. The average Bonchev–Trinajstić information content (AvgIpc) is 2.34. The molecule has 0 radical (unpaired) electrons. The largest absolute Gasteiger partial charge is 0.0843 e. The van der Waals surface area contributed by atoms with Crippen LogP contribution < -0.4 is 0 Å². The van der Waals surface area contributed by atoms with E-state index in [4.69, 9.17) is 34.8 Å². The highest BCUT2D eigenvalue weighted by molar-refractivity contribution is 9.11. The van der Waals surface area contributed by atoms with Crippen LogP contribution in [-0.2, 0) is 0 Å². The fourth-order valence-corrected chi connectivity index (χ4v) is 3.85. The van der Waals surface area contributed by atoms with Gasteiger partial charge in [-0.05, 0) is 47.5 Å². The third-order valence-corrected chi connectivity index (χ3v) is 4.99. The number of benzene rings is 2. The number of hydrogen-bond acceptors (Lipinski definition) is 0. The Kier molecular flexibility index (Phi) is 5.01. The maximum Gasteiger partial charge on any atom is 0.0671 e. The summed E-state index contributed by atoms with van der Waals surface area (Å²) in [5, 5.41) is 1.99. The second-order valence-corrected chi connectivity index (χ2v) is 6.74. The lowest BCUT2D eigenvalue weighted by Crippen LogP contribution is -1.95. The average molecular weight is 429 g/mol. The molecule has 0 aliphatic carbocycles. The second kappa shape index (κ2) is 6.15. The van der Waals surface area contributed by atoms with E-state index in [1.807, 2.05) is 24.3 Å². The van der Waals surface area contributed by atoms with E-state index < -0.39 is 0 Å². The van der Waals surface area contributed by atoms with Crippen molar-refractivity contribution in [1.82, 2.24) is 0 Å². The van der Waals surface area contributed by atoms with Crippen LogP contribution in [0.5, 0.6) is 0 Å². The van der Waals surface area contributed by atoms with Crippen molar-refractivity contribution in [2.24, 2.45) is 0 Å². The van der Waals surface area contributed by atoms with Gasteiger partial charge in [0.05, 0.1) is 4.83 Å². The second-order valence-electron chi connectivity index (χ2n) is 3.69. The summed E-state index contributed by atoms with van der Waals surface area (Å²) in [7, 11) is 0. The van der Waals surface area contributed by atoms with Crippen LogP contribution in [0.15, 0.2) is 40.9 Å². The molecule has 0 saturated carbocycles. The molecule has 0 aliphatic rings. The summed E-state index contributed by atoms with van der Waals surface area (Å²) < 4.78 is 0.963. The van der Waals surface area contributed by atoms with Crippen molar-refractivity contribution in [3.63, 3.8) is 0 Å². The molecule has 0 heterocycles. The molecule has 18 heavy (non-hydrogen) atoms. The van der Waals surface area contributed by atoms with Crippen molar-refractivity contribution in [1.29, 1.82) is 0 Å². The van der Waals surface area contributed by atoms with Gasteiger partial charge in [0.25, 0.3) is 0 Å². The molecule has 0 fully saturated rings. The molecule has 0 aromatic heterocycles. The highest BCUT2D eigenvalue weighted by Crippen LogP contribution is 2.40. The Morgan fingerprint density at radius 3 is 2.06 bits per heavy atom. The van der Waals surface area contributed by atoms with E-state index in [9.17, 15) is 0 Å². The van der Waals surface area contributed by atoms with Gasteiger partial charge in [-0.1, -0.05) is 66.7 Å². The summed E-state index contributed by atoms with van der Waals surface area (Å²) in [5.74, 6) is 0. The molecular formula is C13H7Br2Cl3. The molecule has 5 heteroatoms. The van der Waals surface area contributed by atoms with Crippen LogP contribution in [0.3, 0.4) is 0 Å². The van der Waals surface area contributed by atoms with Gasteiger partial charge in [0.1, 0.15) is 0 Å². The lowest BCUT2D eigenvalue weighted by Gasteiger charge is -2.15. The van der Waals surface area contributed by atoms with Gasteiger partial charge >= 0.3 is 0 Å². The third-order valence-electron chi connectivity index (χ3n) is 2.46. The van der Waals surface area contributed by atoms with Gasteiger partial charge in [-0.15, -0.1) is 0 Å². The summed E-state index contributed by atoms with van der Waals surface area (Å²) in [6.45, 7) is 0. The first-order chi connectivity index (χ1) is 8.49. The van der Waals surface area contributed by atoms with Gasteiger partial charge in [-0.2, -0.15) is 0 Å². The first-order valence-corrected chi connectivity index (χ1v) is 7.87. The summed E-state index contributed by atoms with van der Waals surface area (Å²) in [6.07, 6.45) is 0. The normalized spacial score (nSPS) is 12.5. The monoisotopic (exact) mass is 426 g/mol. The van der Waals surface area contributed by atoms with Gasteiger partial charge in [0.2, 0.25) is 0 Å². The predicted octanol–water partition coefficient (Wildman–Crippen LogP) is 6.89. The zero-order valence-electron chi connectivity index (χ0n) is 8.93. The Hall–Kier alpha value is 0.270. The fourth-order valence-electron chi connectivity index (χ4n) is 1.59. The Bertz CT molecular complexity index is 533. The first kappa shape index (κ1) is 14.7. The maximum absolute atomic E-state index is 6.20. The van der Waals surface area contributed by atoms with Crippen molar-refractivity contribution in [2.45, 2.75) is 4.83 Å². The smallest absolute Gasteiger partial charge is 0.0671 e. The molecule has 1 atom stereocenters. The Balaban J connectivity index is 2.50. The Morgan fingerprint density at radius 2 is 1.39 bits per heavy atom. The Labute approximate surface area is 137 Å². The Morgan fingerprint density at radius 1 is 0.833 bits per heavy atom. The molecule has 0 saturated heterocycles. The topological polar surface area (TPSA) is 0 Å². The van der Waals surface area contributed by atoms with Crippen LogP contribution in [0.4, 0.5) is 0 Å². The fraction of sp³-hybridized carbons (Fsp3) is 0.0769. The van der Waals surface area contributed by atoms with Crippen molar-refractivity contribution < 1.29 is 0 Å². The molecule has 2 rings (SSSR count). The van der Waals surface area contributed by atoms with E-state index in [1.165, 1.54) is 0 Å². The summed E-state index contributed by atoms with van der Waals surface area (Å²) in [4.78, 5) is -0.0724. The molecular weight excluding hydrogens is 422 g/mol. The molecule has 94 valence electrons. The minimum Gasteiger partial charge on any atom is -0.0843 e. The SMILES string of the molecule is Clc1ccc(Cl)c(C(Br)c2cc(Cl)ccc2Br)c1. The summed E-state index contributed by atoms with van der Waals surface area (Å²) in [5.41, 5.74) is 1.92.